The molecule has 0 fully saturated rings. The van der Waals surface area contributed by atoms with E-state index < -0.39 is 0 Å². The molecule has 1 N–H and O–H groups in total. The van der Waals surface area contributed by atoms with Crippen LogP contribution in [0.4, 0.5) is 0 Å². The lowest BCUT2D eigenvalue weighted by Gasteiger charge is -2.15. The standard InChI is InChI=1S/C12H18ClNO/c1-4-7-14-10(8-9(2)3)11-5-6-12(13)15-11/h5-6,10,14H,2,4,7-8H2,1,3H3. The largest absolute Gasteiger partial charge is 0.448 e. The van der Waals surface area contributed by atoms with Gasteiger partial charge in [0.05, 0.1) is 6.04 Å². The van der Waals surface area contributed by atoms with Crippen molar-refractivity contribution in [3.05, 3.63) is 35.3 Å². The van der Waals surface area contributed by atoms with E-state index in [2.05, 4.69) is 18.8 Å². The normalized spacial score (nSPS) is 12.7. The van der Waals surface area contributed by atoms with Crippen LogP contribution in [0.15, 0.2) is 28.7 Å². The number of hydrogen-bond acceptors (Lipinski definition) is 2. The van der Waals surface area contributed by atoms with Gasteiger partial charge in [0.25, 0.3) is 0 Å². The molecule has 84 valence electrons. The van der Waals surface area contributed by atoms with Gasteiger partial charge in [-0.15, -0.1) is 6.58 Å². The molecule has 1 rings (SSSR count). The van der Waals surface area contributed by atoms with Crippen LogP contribution in [-0.2, 0) is 0 Å². The Bertz CT molecular complexity index is 319. The minimum absolute atomic E-state index is 0.190. The van der Waals surface area contributed by atoms with Crippen LogP contribution >= 0.6 is 11.6 Å². The van der Waals surface area contributed by atoms with E-state index in [1.807, 2.05) is 13.0 Å². The van der Waals surface area contributed by atoms with Gasteiger partial charge in [-0.1, -0.05) is 12.5 Å². The van der Waals surface area contributed by atoms with Gasteiger partial charge in [-0.2, -0.15) is 0 Å². The quantitative estimate of drug-likeness (QED) is 0.745. The predicted octanol–water partition coefficient (Wildman–Crippen LogP) is 3.94. The molecule has 0 saturated heterocycles. The lowest BCUT2D eigenvalue weighted by Crippen LogP contribution is -2.21. The second-order valence-corrected chi connectivity index (χ2v) is 4.18. The zero-order valence-corrected chi connectivity index (χ0v) is 10.1. The van der Waals surface area contributed by atoms with E-state index in [4.69, 9.17) is 16.0 Å². The van der Waals surface area contributed by atoms with Gasteiger partial charge in [0.2, 0.25) is 0 Å². The first-order chi connectivity index (χ1) is 7.13. The zero-order valence-electron chi connectivity index (χ0n) is 9.35. The molecule has 3 heteroatoms. The van der Waals surface area contributed by atoms with Gasteiger partial charge in [0, 0.05) is 0 Å². The highest BCUT2D eigenvalue weighted by atomic mass is 35.5. The Balaban J connectivity index is 2.66. The SMILES string of the molecule is C=C(C)CC(NCCC)c1ccc(Cl)o1. The molecule has 0 aromatic carbocycles. The predicted molar refractivity (Wildman–Crippen MR) is 64.2 cm³/mol. The fourth-order valence-corrected chi connectivity index (χ4v) is 1.61. The molecule has 1 heterocycles. The van der Waals surface area contributed by atoms with Crippen LogP contribution in [0, 0.1) is 0 Å². The summed E-state index contributed by atoms with van der Waals surface area (Å²) in [6, 6.07) is 3.88. The van der Waals surface area contributed by atoms with Gasteiger partial charge in [-0.25, -0.2) is 0 Å². The first kappa shape index (κ1) is 12.3. The molecule has 1 aromatic rings. The molecule has 0 saturated carbocycles. The topological polar surface area (TPSA) is 25.2 Å². The molecule has 2 nitrogen and oxygen atoms in total. The fraction of sp³-hybridized carbons (Fsp3) is 0.500. The van der Waals surface area contributed by atoms with Crippen molar-refractivity contribution in [3.63, 3.8) is 0 Å². The van der Waals surface area contributed by atoms with Crippen molar-refractivity contribution in [3.8, 4) is 0 Å². The molecule has 0 radical (unpaired) electrons. The Hall–Kier alpha value is -0.730. The number of rotatable bonds is 6. The summed E-state index contributed by atoms with van der Waals surface area (Å²) >= 11 is 5.76. The molecular formula is C12H18ClNO. The third kappa shape index (κ3) is 4.10. The summed E-state index contributed by atoms with van der Waals surface area (Å²) in [6.07, 6.45) is 1.98. The minimum atomic E-state index is 0.190. The molecule has 0 amide bonds. The average molecular weight is 228 g/mol. The zero-order chi connectivity index (χ0) is 11.3. The van der Waals surface area contributed by atoms with E-state index in [0.29, 0.717) is 5.22 Å². The molecule has 0 spiro atoms. The van der Waals surface area contributed by atoms with E-state index in [9.17, 15) is 0 Å². The fourth-order valence-electron chi connectivity index (χ4n) is 1.46. The lowest BCUT2D eigenvalue weighted by molar-refractivity contribution is 0.411. The van der Waals surface area contributed by atoms with Crippen LogP contribution in [0.2, 0.25) is 5.22 Å². The Morgan fingerprint density at radius 3 is 2.80 bits per heavy atom. The van der Waals surface area contributed by atoms with Crippen molar-refractivity contribution in [1.29, 1.82) is 0 Å². The van der Waals surface area contributed by atoms with Crippen molar-refractivity contribution in [2.75, 3.05) is 6.54 Å². The summed E-state index contributed by atoms with van der Waals surface area (Å²) < 4.78 is 5.41. The van der Waals surface area contributed by atoms with E-state index in [0.717, 1.165) is 30.7 Å². The van der Waals surface area contributed by atoms with Crippen molar-refractivity contribution >= 4 is 11.6 Å². The van der Waals surface area contributed by atoms with Crippen molar-refractivity contribution in [2.24, 2.45) is 0 Å². The summed E-state index contributed by atoms with van der Waals surface area (Å²) in [6.45, 7) is 9.05. The average Bonchev–Trinajstić information content (AvgIpc) is 2.58. The van der Waals surface area contributed by atoms with Crippen LogP contribution in [0.25, 0.3) is 0 Å². The Labute approximate surface area is 96.3 Å². The van der Waals surface area contributed by atoms with Crippen molar-refractivity contribution in [2.45, 2.75) is 32.7 Å². The summed E-state index contributed by atoms with van der Waals surface area (Å²) in [5, 5.41) is 3.86. The minimum Gasteiger partial charge on any atom is -0.448 e. The Morgan fingerprint density at radius 1 is 1.60 bits per heavy atom. The molecule has 1 atom stereocenters. The highest BCUT2D eigenvalue weighted by Crippen LogP contribution is 2.24. The van der Waals surface area contributed by atoms with E-state index in [1.54, 1.807) is 6.07 Å². The molecule has 15 heavy (non-hydrogen) atoms. The van der Waals surface area contributed by atoms with Crippen LogP contribution in [0.3, 0.4) is 0 Å². The van der Waals surface area contributed by atoms with Gasteiger partial charge in [0.1, 0.15) is 5.76 Å². The molecule has 0 aliphatic heterocycles. The van der Waals surface area contributed by atoms with Crippen molar-refractivity contribution < 1.29 is 4.42 Å². The van der Waals surface area contributed by atoms with E-state index >= 15 is 0 Å². The summed E-state index contributed by atoms with van der Waals surface area (Å²) in [5.74, 6) is 0.886. The highest BCUT2D eigenvalue weighted by Gasteiger charge is 2.14. The molecular weight excluding hydrogens is 210 g/mol. The summed E-state index contributed by atoms with van der Waals surface area (Å²) in [7, 11) is 0. The smallest absolute Gasteiger partial charge is 0.193 e. The van der Waals surface area contributed by atoms with E-state index in [1.165, 1.54) is 0 Å². The van der Waals surface area contributed by atoms with Gasteiger partial charge in [0.15, 0.2) is 5.22 Å². The Morgan fingerprint density at radius 2 is 2.33 bits per heavy atom. The molecule has 0 aliphatic rings. The van der Waals surface area contributed by atoms with Crippen LogP contribution in [0.5, 0.6) is 0 Å². The van der Waals surface area contributed by atoms with Crippen LogP contribution < -0.4 is 5.32 Å². The third-order valence-corrected chi connectivity index (χ3v) is 2.33. The summed E-state index contributed by atoms with van der Waals surface area (Å²) in [4.78, 5) is 0. The van der Waals surface area contributed by atoms with Gasteiger partial charge < -0.3 is 9.73 Å². The molecule has 1 unspecified atom stereocenters. The van der Waals surface area contributed by atoms with Crippen molar-refractivity contribution in [1.82, 2.24) is 5.32 Å². The highest BCUT2D eigenvalue weighted by molar-refractivity contribution is 6.28. The number of nitrogens with one attached hydrogen (secondary N) is 1. The number of hydrogen-bond donors (Lipinski definition) is 1. The number of halogens is 1. The maximum atomic E-state index is 5.76. The van der Waals surface area contributed by atoms with Gasteiger partial charge in [-0.3, -0.25) is 0 Å². The van der Waals surface area contributed by atoms with Gasteiger partial charge >= 0.3 is 0 Å². The summed E-state index contributed by atoms with van der Waals surface area (Å²) in [5.41, 5.74) is 1.14. The molecule has 0 bridgehead atoms. The second-order valence-electron chi connectivity index (χ2n) is 3.81. The van der Waals surface area contributed by atoms with E-state index in [-0.39, 0.29) is 6.04 Å². The van der Waals surface area contributed by atoms with Gasteiger partial charge in [-0.05, 0) is 50.0 Å². The van der Waals surface area contributed by atoms with Crippen LogP contribution in [0.1, 0.15) is 38.5 Å². The van der Waals surface area contributed by atoms with Crippen LogP contribution in [-0.4, -0.2) is 6.54 Å². The molecule has 0 aliphatic carbocycles. The number of furan rings is 1. The maximum Gasteiger partial charge on any atom is 0.193 e. The Kier molecular flexibility index (Phi) is 4.92. The first-order valence-electron chi connectivity index (χ1n) is 5.26. The second kappa shape index (κ2) is 5.99. The molecule has 1 aromatic heterocycles. The first-order valence-corrected chi connectivity index (χ1v) is 5.64. The maximum absolute atomic E-state index is 5.76. The lowest BCUT2D eigenvalue weighted by atomic mass is 10.1. The third-order valence-electron chi connectivity index (χ3n) is 2.13. The monoisotopic (exact) mass is 227 g/mol.